The second kappa shape index (κ2) is 3.17. The normalized spacial score (nSPS) is 11.0. The van der Waals surface area contributed by atoms with Crippen LogP contribution in [0.3, 0.4) is 0 Å². The zero-order valence-electron chi connectivity index (χ0n) is 6.26. The lowest BCUT2D eigenvalue weighted by atomic mass is 10.8. The van der Waals surface area contributed by atoms with E-state index in [0.29, 0.717) is 5.13 Å². The van der Waals surface area contributed by atoms with Crippen molar-refractivity contribution in [1.29, 1.82) is 0 Å². The van der Waals surface area contributed by atoms with E-state index in [9.17, 15) is 8.78 Å². The zero-order valence-corrected chi connectivity index (χ0v) is 7.08. The minimum atomic E-state index is -2.56. The first-order chi connectivity index (χ1) is 6.27. The molecule has 0 saturated carbocycles. The van der Waals surface area contributed by atoms with Gasteiger partial charge in [-0.25, -0.2) is 13.8 Å². The largest absolute Gasteiger partial charge is 0.291 e. The van der Waals surface area contributed by atoms with Crippen molar-refractivity contribution in [3.8, 4) is 5.13 Å². The van der Waals surface area contributed by atoms with Gasteiger partial charge in [0.2, 0.25) is 5.13 Å². The molecule has 2 rings (SSSR count). The maximum atomic E-state index is 12.1. The van der Waals surface area contributed by atoms with Gasteiger partial charge >= 0.3 is 0 Å². The molecule has 0 amide bonds. The number of nitrogens with zero attached hydrogens (tertiary/aromatic N) is 4. The Morgan fingerprint density at radius 2 is 2.23 bits per heavy atom. The predicted molar refractivity (Wildman–Crippen MR) is 42.0 cm³/mol. The highest BCUT2D eigenvalue weighted by molar-refractivity contribution is 7.13. The average molecular weight is 202 g/mol. The highest BCUT2D eigenvalue weighted by atomic mass is 32.1. The summed E-state index contributed by atoms with van der Waals surface area (Å²) in [5.41, 5.74) is 0. The first kappa shape index (κ1) is 8.24. The first-order valence-electron chi connectivity index (χ1n) is 3.37. The van der Waals surface area contributed by atoms with Gasteiger partial charge in [-0.05, 0) is 0 Å². The van der Waals surface area contributed by atoms with Gasteiger partial charge < -0.3 is 0 Å². The third-order valence-corrected chi connectivity index (χ3v) is 2.29. The topological polar surface area (TPSA) is 43.6 Å². The van der Waals surface area contributed by atoms with Gasteiger partial charge in [0.05, 0.1) is 0 Å². The van der Waals surface area contributed by atoms with Crippen molar-refractivity contribution >= 4 is 11.3 Å². The van der Waals surface area contributed by atoms with Gasteiger partial charge in [-0.2, -0.15) is 0 Å². The molecule has 0 unspecified atom stereocenters. The summed E-state index contributed by atoms with van der Waals surface area (Å²) in [6, 6.07) is 0. The molecule has 2 aromatic heterocycles. The summed E-state index contributed by atoms with van der Waals surface area (Å²) in [5.74, 6) is 0. The molecule has 0 aliphatic carbocycles. The summed E-state index contributed by atoms with van der Waals surface area (Å²) in [4.78, 5) is 3.77. The van der Waals surface area contributed by atoms with Crippen molar-refractivity contribution in [2.75, 3.05) is 0 Å². The van der Waals surface area contributed by atoms with Gasteiger partial charge in [0, 0.05) is 12.4 Å². The quantitative estimate of drug-likeness (QED) is 0.743. The van der Waals surface area contributed by atoms with E-state index in [-0.39, 0.29) is 5.01 Å². The molecule has 0 aliphatic rings. The number of imidazole rings is 1. The monoisotopic (exact) mass is 202 g/mol. The number of hydrogen-bond donors (Lipinski definition) is 0. The van der Waals surface area contributed by atoms with Crippen LogP contribution in [0.1, 0.15) is 11.4 Å². The maximum Gasteiger partial charge on any atom is 0.291 e. The molecule has 0 aromatic carbocycles. The van der Waals surface area contributed by atoms with E-state index in [2.05, 4.69) is 15.2 Å². The van der Waals surface area contributed by atoms with Crippen LogP contribution in [0.25, 0.3) is 5.13 Å². The molecule has 2 aromatic rings. The lowest BCUT2D eigenvalue weighted by Gasteiger charge is -1.90. The average Bonchev–Trinajstić information content (AvgIpc) is 2.75. The molecule has 0 bridgehead atoms. The predicted octanol–water partition coefficient (Wildman–Crippen LogP) is 1.66. The van der Waals surface area contributed by atoms with Crippen molar-refractivity contribution in [1.82, 2.24) is 19.7 Å². The van der Waals surface area contributed by atoms with Gasteiger partial charge in [-0.15, -0.1) is 10.2 Å². The molecule has 0 saturated heterocycles. The zero-order chi connectivity index (χ0) is 9.26. The lowest BCUT2D eigenvalue weighted by molar-refractivity contribution is 0.150. The van der Waals surface area contributed by atoms with E-state index < -0.39 is 6.43 Å². The Balaban J connectivity index is 2.33. The Morgan fingerprint density at radius 1 is 1.38 bits per heavy atom. The molecule has 4 nitrogen and oxygen atoms in total. The second-order valence-electron chi connectivity index (χ2n) is 2.19. The second-order valence-corrected chi connectivity index (χ2v) is 3.18. The Labute approximate surface area is 75.9 Å². The molecule has 0 radical (unpaired) electrons. The third kappa shape index (κ3) is 1.55. The summed E-state index contributed by atoms with van der Waals surface area (Å²) >= 11 is 0.849. The fraction of sp³-hybridized carbons (Fsp3) is 0.167. The van der Waals surface area contributed by atoms with Gasteiger partial charge in [0.15, 0.2) is 5.01 Å². The number of hydrogen-bond acceptors (Lipinski definition) is 4. The minimum absolute atomic E-state index is 0.274. The fourth-order valence-corrected chi connectivity index (χ4v) is 1.44. The molecule has 13 heavy (non-hydrogen) atoms. The molecular weight excluding hydrogens is 198 g/mol. The number of halogens is 2. The molecule has 68 valence electrons. The van der Waals surface area contributed by atoms with Crippen LogP contribution in [0.4, 0.5) is 8.78 Å². The van der Waals surface area contributed by atoms with Crippen molar-refractivity contribution in [3.05, 3.63) is 23.7 Å². The van der Waals surface area contributed by atoms with Crippen molar-refractivity contribution in [2.24, 2.45) is 0 Å². The van der Waals surface area contributed by atoms with E-state index in [1.165, 1.54) is 10.9 Å². The highest BCUT2D eigenvalue weighted by Gasteiger charge is 2.14. The van der Waals surface area contributed by atoms with Gasteiger partial charge in [0.1, 0.15) is 6.33 Å². The number of alkyl halides is 2. The van der Waals surface area contributed by atoms with Crippen LogP contribution in [0.15, 0.2) is 18.7 Å². The standard InChI is InChI=1S/C6H4F2N4S/c7-4(8)5-10-11-6(13-5)12-2-1-9-3-12/h1-4H. The molecule has 0 spiro atoms. The summed E-state index contributed by atoms with van der Waals surface area (Å²) in [6.07, 6.45) is 2.09. The summed E-state index contributed by atoms with van der Waals surface area (Å²) < 4.78 is 25.7. The molecule has 0 aliphatic heterocycles. The Kier molecular flexibility index (Phi) is 2.01. The van der Waals surface area contributed by atoms with E-state index in [1.807, 2.05) is 0 Å². The Bertz CT molecular complexity index is 383. The summed E-state index contributed by atoms with van der Waals surface area (Å²) in [5, 5.41) is 7.05. The molecular formula is C6H4F2N4S. The van der Waals surface area contributed by atoms with E-state index in [0.717, 1.165) is 11.3 Å². The number of aromatic nitrogens is 4. The molecule has 0 fully saturated rings. The van der Waals surface area contributed by atoms with Crippen LogP contribution in [0.2, 0.25) is 0 Å². The van der Waals surface area contributed by atoms with Crippen molar-refractivity contribution in [3.63, 3.8) is 0 Å². The van der Waals surface area contributed by atoms with Crippen LogP contribution in [0.5, 0.6) is 0 Å². The lowest BCUT2D eigenvalue weighted by Crippen LogP contribution is -1.87. The summed E-state index contributed by atoms with van der Waals surface area (Å²) in [7, 11) is 0. The minimum Gasteiger partial charge on any atom is -0.280 e. The molecule has 7 heteroatoms. The summed E-state index contributed by atoms with van der Waals surface area (Å²) in [6.45, 7) is 0. The smallest absolute Gasteiger partial charge is 0.280 e. The van der Waals surface area contributed by atoms with Crippen LogP contribution >= 0.6 is 11.3 Å². The fourth-order valence-electron chi connectivity index (χ4n) is 0.791. The van der Waals surface area contributed by atoms with Gasteiger partial charge in [0.25, 0.3) is 6.43 Å². The molecule has 2 heterocycles. The molecule has 0 N–H and O–H groups in total. The number of rotatable bonds is 2. The Morgan fingerprint density at radius 3 is 2.77 bits per heavy atom. The van der Waals surface area contributed by atoms with Crippen LogP contribution in [-0.4, -0.2) is 19.7 Å². The van der Waals surface area contributed by atoms with Gasteiger partial charge in [-0.1, -0.05) is 11.3 Å². The molecule has 0 atom stereocenters. The van der Waals surface area contributed by atoms with Gasteiger partial charge in [-0.3, -0.25) is 4.57 Å². The van der Waals surface area contributed by atoms with E-state index in [1.54, 1.807) is 12.4 Å². The van der Waals surface area contributed by atoms with Crippen LogP contribution in [-0.2, 0) is 0 Å². The highest BCUT2D eigenvalue weighted by Crippen LogP contribution is 2.23. The van der Waals surface area contributed by atoms with Crippen molar-refractivity contribution < 1.29 is 8.78 Å². The van der Waals surface area contributed by atoms with E-state index >= 15 is 0 Å². The third-order valence-electron chi connectivity index (χ3n) is 1.34. The first-order valence-corrected chi connectivity index (χ1v) is 4.19. The van der Waals surface area contributed by atoms with Crippen molar-refractivity contribution in [2.45, 2.75) is 6.43 Å². The maximum absolute atomic E-state index is 12.1. The van der Waals surface area contributed by atoms with Crippen LogP contribution in [0, 0.1) is 0 Å². The van der Waals surface area contributed by atoms with Crippen LogP contribution < -0.4 is 0 Å². The Hall–Kier alpha value is -1.37. The van der Waals surface area contributed by atoms with E-state index in [4.69, 9.17) is 0 Å². The SMILES string of the molecule is FC(F)c1nnc(-n2ccnc2)s1.